The molecular weight excluding hydrogens is 464 g/mol. The molecule has 178 valence electrons. The lowest BCUT2D eigenvalue weighted by Crippen LogP contribution is -2.36. The van der Waals surface area contributed by atoms with Gasteiger partial charge >= 0.3 is 12.1 Å². The topological polar surface area (TPSA) is 159 Å². The molecule has 0 bridgehead atoms. The summed E-state index contributed by atoms with van der Waals surface area (Å²) >= 11 is 6.49. The standard InChI is InChI=1S/C22H23ClN6O5/c1-4-33-22(32)27-20(31)16(9-24)29-28-15-8-14(23)19(13-7-5-6-12(13)15)34-21-25-10-17(30)18(26-21)11(2)3/h8,10-11,28,30H,4-7H2,1-3H3,(H,27,31,32)/b29-16+. The van der Waals surface area contributed by atoms with Crippen molar-refractivity contribution < 1.29 is 24.2 Å². The smallest absolute Gasteiger partial charge is 0.414 e. The van der Waals surface area contributed by atoms with Crippen LogP contribution in [0.4, 0.5) is 10.5 Å². The van der Waals surface area contributed by atoms with Crippen LogP contribution in [0.3, 0.4) is 0 Å². The van der Waals surface area contributed by atoms with E-state index in [1.807, 2.05) is 19.2 Å². The van der Waals surface area contributed by atoms with Crippen LogP contribution >= 0.6 is 11.6 Å². The minimum absolute atomic E-state index is 0.0172. The van der Waals surface area contributed by atoms with Crippen LogP contribution < -0.4 is 15.5 Å². The highest BCUT2D eigenvalue weighted by Gasteiger charge is 2.25. The van der Waals surface area contributed by atoms with E-state index in [4.69, 9.17) is 16.3 Å². The van der Waals surface area contributed by atoms with Gasteiger partial charge in [-0.3, -0.25) is 15.5 Å². The highest BCUT2D eigenvalue weighted by molar-refractivity contribution is 6.46. The van der Waals surface area contributed by atoms with Crippen molar-refractivity contribution >= 4 is 35.0 Å². The number of nitriles is 1. The van der Waals surface area contributed by atoms with Gasteiger partial charge in [-0.25, -0.2) is 4.79 Å². The van der Waals surface area contributed by atoms with Gasteiger partial charge in [-0.05, 0) is 43.7 Å². The first-order valence-electron chi connectivity index (χ1n) is 10.5. The fraction of sp³-hybridized carbons (Fsp3) is 0.364. The van der Waals surface area contributed by atoms with E-state index in [0.29, 0.717) is 30.0 Å². The van der Waals surface area contributed by atoms with Crippen molar-refractivity contribution in [3.63, 3.8) is 0 Å². The number of benzene rings is 1. The average molecular weight is 487 g/mol. The number of halogens is 1. The lowest BCUT2D eigenvalue weighted by molar-refractivity contribution is -0.114. The molecule has 0 fully saturated rings. The first kappa shape index (κ1) is 24.7. The Kier molecular flexibility index (Phi) is 7.86. The third kappa shape index (κ3) is 5.52. The van der Waals surface area contributed by atoms with Gasteiger partial charge in [0.15, 0.2) is 11.5 Å². The van der Waals surface area contributed by atoms with Crippen LogP contribution in [-0.2, 0) is 22.4 Å². The molecule has 2 aromatic rings. The summed E-state index contributed by atoms with van der Waals surface area (Å²) in [6.45, 7) is 5.43. The van der Waals surface area contributed by atoms with Gasteiger partial charge in [-0.2, -0.15) is 20.3 Å². The SMILES string of the molecule is CCOC(=O)NC(=O)/C(C#N)=N/Nc1cc(Cl)c(Oc2ncc(O)c(C(C)C)n2)c2c1CCC2. The second-order valence-corrected chi connectivity index (χ2v) is 7.99. The zero-order chi connectivity index (χ0) is 24.8. The predicted molar refractivity (Wildman–Crippen MR) is 123 cm³/mol. The number of nitrogens with zero attached hydrogens (tertiary/aromatic N) is 4. The van der Waals surface area contributed by atoms with Gasteiger partial charge in [-0.15, -0.1) is 0 Å². The Labute approximate surface area is 200 Å². The summed E-state index contributed by atoms with van der Waals surface area (Å²) in [5.41, 5.74) is 4.76. The molecule has 0 aliphatic heterocycles. The number of carbonyl (C=O) groups excluding carboxylic acids is 2. The highest BCUT2D eigenvalue weighted by atomic mass is 35.5. The largest absolute Gasteiger partial charge is 0.504 e. The molecule has 0 saturated carbocycles. The monoisotopic (exact) mass is 486 g/mol. The molecule has 2 amide bonds. The molecule has 0 saturated heterocycles. The van der Waals surface area contributed by atoms with E-state index in [1.54, 1.807) is 19.1 Å². The van der Waals surface area contributed by atoms with Crippen molar-refractivity contribution in [2.45, 2.75) is 46.0 Å². The molecule has 1 aromatic heterocycles. The molecule has 11 nitrogen and oxygen atoms in total. The van der Waals surface area contributed by atoms with Crippen LogP contribution in [0.1, 0.15) is 49.9 Å². The summed E-state index contributed by atoms with van der Waals surface area (Å²) in [5, 5.41) is 25.2. The molecule has 0 unspecified atom stereocenters. The third-order valence-corrected chi connectivity index (χ3v) is 5.20. The number of carbonyl (C=O) groups is 2. The molecule has 1 aliphatic carbocycles. The number of hydrogen-bond donors (Lipinski definition) is 3. The molecule has 0 atom stereocenters. The van der Waals surface area contributed by atoms with E-state index >= 15 is 0 Å². The maximum atomic E-state index is 12.1. The van der Waals surface area contributed by atoms with E-state index in [0.717, 1.165) is 17.5 Å². The van der Waals surface area contributed by atoms with Gasteiger partial charge in [-0.1, -0.05) is 25.4 Å². The average Bonchev–Trinajstić information content (AvgIpc) is 3.27. The van der Waals surface area contributed by atoms with Gasteiger partial charge in [0.25, 0.3) is 5.91 Å². The van der Waals surface area contributed by atoms with E-state index in [1.165, 1.54) is 6.20 Å². The van der Waals surface area contributed by atoms with Gasteiger partial charge in [0, 0.05) is 5.56 Å². The summed E-state index contributed by atoms with van der Waals surface area (Å²) in [4.78, 5) is 31.8. The van der Waals surface area contributed by atoms with E-state index in [9.17, 15) is 20.0 Å². The number of alkyl carbamates (subject to hydrolysis) is 1. The van der Waals surface area contributed by atoms with Crippen LogP contribution in [0.5, 0.6) is 17.5 Å². The second-order valence-electron chi connectivity index (χ2n) is 7.58. The van der Waals surface area contributed by atoms with Gasteiger partial charge < -0.3 is 14.6 Å². The van der Waals surface area contributed by atoms with Crippen LogP contribution in [0, 0.1) is 11.3 Å². The number of hydrogen-bond acceptors (Lipinski definition) is 10. The summed E-state index contributed by atoms with van der Waals surface area (Å²) in [5.74, 6) is -0.658. The minimum Gasteiger partial charge on any atom is -0.504 e. The Bertz CT molecular complexity index is 1190. The Morgan fingerprint density at radius 2 is 2.09 bits per heavy atom. The highest BCUT2D eigenvalue weighted by Crippen LogP contribution is 2.43. The number of aromatic nitrogens is 2. The lowest BCUT2D eigenvalue weighted by atomic mass is 10.1. The van der Waals surface area contributed by atoms with Crippen molar-refractivity contribution in [1.29, 1.82) is 5.26 Å². The van der Waals surface area contributed by atoms with Crippen molar-refractivity contribution in [3.8, 4) is 23.6 Å². The molecule has 1 aliphatic rings. The van der Waals surface area contributed by atoms with Crippen LogP contribution in [0.25, 0.3) is 0 Å². The van der Waals surface area contributed by atoms with Crippen molar-refractivity contribution in [1.82, 2.24) is 15.3 Å². The lowest BCUT2D eigenvalue weighted by Gasteiger charge is -2.16. The molecule has 1 aromatic carbocycles. The number of imide groups is 1. The fourth-order valence-corrected chi connectivity index (χ4v) is 3.69. The Hall–Kier alpha value is -3.91. The summed E-state index contributed by atoms with van der Waals surface area (Å²) in [6.07, 6.45) is 2.49. The molecule has 1 heterocycles. The minimum atomic E-state index is -0.999. The van der Waals surface area contributed by atoms with Crippen molar-refractivity contribution in [3.05, 3.63) is 34.1 Å². The summed E-state index contributed by atoms with van der Waals surface area (Å²) < 4.78 is 10.5. The molecule has 34 heavy (non-hydrogen) atoms. The third-order valence-electron chi connectivity index (χ3n) is 4.92. The van der Waals surface area contributed by atoms with Crippen LogP contribution in [-0.4, -0.2) is 39.4 Å². The first-order chi connectivity index (χ1) is 16.2. The normalized spacial score (nSPS) is 12.6. The number of fused-ring (bicyclic) bond motifs is 1. The maximum Gasteiger partial charge on any atom is 0.414 e. The number of nitrogens with one attached hydrogen (secondary N) is 2. The van der Waals surface area contributed by atoms with Gasteiger partial charge in [0.05, 0.1) is 29.2 Å². The number of hydrazone groups is 1. The van der Waals surface area contributed by atoms with Crippen LogP contribution in [0.15, 0.2) is 17.4 Å². The summed E-state index contributed by atoms with van der Waals surface area (Å²) in [6, 6.07) is 3.25. The number of ether oxygens (including phenoxy) is 2. The Balaban J connectivity index is 1.87. The molecule has 0 radical (unpaired) electrons. The number of anilines is 1. The number of rotatable bonds is 7. The number of aromatic hydroxyl groups is 1. The maximum absolute atomic E-state index is 12.1. The number of amides is 2. The quantitative estimate of drug-likeness (QED) is 0.390. The molecular formula is C22H23ClN6O5. The molecule has 3 N–H and O–H groups in total. The van der Waals surface area contributed by atoms with Crippen LogP contribution in [0.2, 0.25) is 5.02 Å². The summed E-state index contributed by atoms with van der Waals surface area (Å²) in [7, 11) is 0. The van der Waals surface area contributed by atoms with Crippen molar-refractivity contribution in [2.24, 2.45) is 5.10 Å². The Morgan fingerprint density at radius 3 is 2.76 bits per heavy atom. The predicted octanol–water partition coefficient (Wildman–Crippen LogP) is 3.80. The van der Waals surface area contributed by atoms with Gasteiger partial charge in [0.1, 0.15) is 6.07 Å². The van der Waals surface area contributed by atoms with Gasteiger partial charge in [0.2, 0.25) is 5.71 Å². The molecule has 12 heteroatoms. The zero-order valence-electron chi connectivity index (χ0n) is 18.8. The van der Waals surface area contributed by atoms with E-state index < -0.39 is 17.7 Å². The van der Waals surface area contributed by atoms with E-state index in [2.05, 4.69) is 25.2 Å². The van der Waals surface area contributed by atoms with Crippen molar-refractivity contribution in [2.75, 3.05) is 12.0 Å². The van der Waals surface area contributed by atoms with E-state index in [-0.39, 0.29) is 29.3 Å². The fourth-order valence-electron chi connectivity index (χ4n) is 3.42. The Morgan fingerprint density at radius 1 is 1.35 bits per heavy atom. The molecule has 3 rings (SSSR count). The molecule has 0 spiro atoms. The second kappa shape index (κ2) is 10.8. The zero-order valence-corrected chi connectivity index (χ0v) is 19.6. The first-order valence-corrected chi connectivity index (χ1v) is 10.9.